The predicted octanol–water partition coefficient (Wildman–Crippen LogP) is 3.46. The zero-order chi connectivity index (χ0) is 19.7. The SMILES string of the molecule is CN=C(NCCCS(=O)(=O)Cc1ccccc1)N(C)Cc1cccc(F)c1.I. The molecular weight excluding hydrogens is 492 g/mol. The summed E-state index contributed by atoms with van der Waals surface area (Å²) in [5, 5.41) is 3.16. The summed E-state index contributed by atoms with van der Waals surface area (Å²) in [6.45, 7) is 0.998. The Kier molecular flexibility index (Phi) is 10.4. The van der Waals surface area contributed by atoms with Crippen molar-refractivity contribution in [2.24, 2.45) is 4.99 Å². The lowest BCUT2D eigenvalue weighted by atomic mass is 10.2. The third kappa shape index (κ3) is 8.55. The van der Waals surface area contributed by atoms with Crippen LogP contribution in [0.1, 0.15) is 17.5 Å². The van der Waals surface area contributed by atoms with Crippen LogP contribution in [0, 0.1) is 5.82 Å². The molecule has 154 valence electrons. The summed E-state index contributed by atoms with van der Waals surface area (Å²) in [5.41, 5.74) is 1.64. The maximum absolute atomic E-state index is 13.3. The van der Waals surface area contributed by atoms with Crippen LogP contribution < -0.4 is 5.32 Å². The van der Waals surface area contributed by atoms with Gasteiger partial charge >= 0.3 is 0 Å². The third-order valence-corrected chi connectivity index (χ3v) is 5.71. The summed E-state index contributed by atoms with van der Waals surface area (Å²) in [7, 11) is 0.369. The van der Waals surface area contributed by atoms with Crippen LogP contribution in [0.3, 0.4) is 0 Å². The predicted molar refractivity (Wildman–Crippen MR) is 123 cm³/mol. The lowest BCUT2D eigenvalue weighted by molar-refractivity contribution is 0.474. The number of guanidine groups is 1. The molecule has 5 nitrogen and oxygen atoms in total. The molecule has 0 spiro atoms. The van der Waals surface area contributed by atoms with Crippen LogP contribution in [0.4, 0.5) is 4.39 Å². The van der Waals surface area contributed by atoms with Crippen molar-refractivity contribution >= 4 is 39.8 Å². The van der Waals surface area contributed by atoms with Crippen molar-refractivity contribution in [2.45, 2.75) is 18.7 Å². The van der Waals surface area contributed by atoms with E-state index in [-0.39, 0.29) is 41.3 Å². The van der Waals surface area contributed by atoms with E-state index in [1.165, 1.54) is 12.1 Å². The van der Waals surface area contributed by atoms with Gasteiger partial charge in [0.05, 0.1) is 11.5 Å². The second kappa shape index (κ2) is 12.0. The Hall–Kier alpha value is -1.68. The van der Waals surface area contributed by atoms with Crippen molar-refractivity contribution in [2.75, 3.05) is 26.4 Å². The largest absolute Gasteiger partial charge is 0.356 e. The highest BCUT2D eigenvalue weighted by atomic mass is 127. The first-order valence-electron chi connectivity index (χ1n) is 8.80. The zero-order valence-corrected chi connectivity index (χ0v) is 19.3. The molecule has 0 aliphatic rings. The summed E-state index contributed by atoms with van der Waals surface area (Å²) in [5.74, 6) is 0.536. The van der Waals surface area contributed by atoms with Gasteiger partial charge in [-0.3, -0.25) is 4.99 Å². The van der Waals surface area contributed by atoms with Crippen LogP contribution in [0.15, 0.2) is 59.6 Å². The first-order valence-corrected chi connectivity index (χ1v) is 10.6. The maximum atomic E-state index is 13.3. The van der Waals surface area contributed by atoms with Crippen molar-refractivity contribution < 1.29 is 12.8 Å². The summed E-state index contributed by atoms with van der Waals surface area (Å²) in [6, 6.07) is 15.6. The first-order chi connectivity index (χ1) is 12.9. The molecule has 2 aromatic carbocycles. The minimum atomic E-state index is -3.15. The van der Waals surface area contributed by atoms with E-state index in [0.29, 0.717) is 25.5 Å². The highest BCUT2D eigenvalue weighted by Crippen LogP contribution is 2.08. The Morgan fingerprint density at radius 3 is 2.43 bits per heavy atom. The van der Waals surface area contributed by atoms with E-state index in [1.807, 2.05) is 48.3 Å². The van der Waals surface area contributed by atoms with Gasteiger partial charge in [0.25, 0.3) is 0 Å². The maximum Gasteiger partial charge on any atom is 0.193 e. The van der Waals surface area contributed by atoms with Crippen LogP contribution in [0.2, 0.25) is 0 Å². The van der Waals surface area contributed by atoms with Gasteiger partial charge in [0.1, 0.15) is 5.82 Å². The molecule has 0 heterocycles. The van der Waals surface area contributed by atoms with E-state index in [4.69, 9.17) is 0 Å². The average molecular weight is 519 g/mol. The number of aliphatic imine (C=N–C) groups is 1. The Bertz CT molecular complexity index is 861. The summed E-state index contributed by atoms with van der Waals surface area (Å²) in [6.07, 6.45) is 0.488. The van der Waals surface area contributed by atoms with Crippen LogP contribution in [0.25, 0.3) is 0 Å². The molecule has 0 saturated carbocycles. The van der Waals surface area contributed by atoms with Gasteiger partial charge in [0.2, 0.25) is 0 Å². The smallest absolute Gasteiger partial charge is 0.193 e. The Morgan fingerprint density at radius 2 is 1.79 bits per heavy atom. The molecule has 1 N–H and O–H groups in total. The third-order valence-electron chi connectivity index (χ3n) is 4.03. The summed E-state index contributed by atoms with van der Waals surface area (Å²) in [4.78, 5) is 6.06. The van der Waals surface area contributed by atoms with Gasteiger partial charge in [-0.25, -0.2) is 12.8 Å². The molecule has 0 aliphatic carbocycles. The van der Waals surface area contributed by atoms with Crippen molar-refractivity contribution in [1.29, 1.82) is 0 Å². The van der Waals surface area contributed by atoms with Gasteiger partial charge in [-0.05, 0) is 29.7 Å². The van der Waals surface area contributed by atoms with Gasteiger partial charge in [-0.1, -0.05) is 42.5 Å². The number of sulfone groups is 1. The fourth-order valence-electron chi connectivity index (χ4n) is 2.76. The van der Waals surface area contributed by atoms with E-state index in [9.17, 15) is 12.8 Å². The van der Waals surface area contributed by atoms with Gasteiger partial charge in [0, 0.05) is 27.2 Å². The second-order valence-electron chi connectivity index (χ2n) is 6.39. The minimum absolute atomic E-state index is 0. The standard InChI is InChI=1S/C20H26FN3O2S.HI/c1-22-20(24(2)15-18-10-6-11-19(21)14-18)23-12-7-13-27(25,26)16-17-8-4-3-5-9-17;/h3-6,8-11,14H,7,12-13,15-16H2,1-2H3,(H,22,23);1H. The van der Waals surface area contributed by atoms with Gasteiger partial charge in [-0.15, -0.1) is 24.0 Å². The highest BCUT2D eigenvalue weighted by molar-refractivity contribution is 14.0. The Morgan fingerprint density at radius 1 is 1.11 bits per heavy atom. The molecule has 0 aliphatic heterocycles. The van der Waals surface area contributed by atoms with E-state index in [2.05, 4.69) is 10.3 Å². The monoisotopic (exact) mass is 519 g/mol. The molecule has 28 heavy (non-hydrogen) atoms. The van der Waals surface area contributed by atoms with Crippen molar-refractivity contribution in [3.63, 3.8) is 0 Å². The summed E-state index contributed by atoms with van der Waals surface area (Å²) < 4.78 is 37.7. The number of halogens is 2. The van der Waals surface area contributed by atoms with Gasteiger partial charge in [0.15, 0.2) is 15.8 Å². The number of hydrogen-bond donors (Lipinski definition) is 1. The second-order valence-corrected chi connectivity index (χ2v) is 8.58. The minimum Gasteiger partial charge on any atom is -0.356 e. The average Bonchev–Trinajstić information content (AvgIpc) is 2.62. The number of hydrogen-bond acceptors (Lipinski definition) is 3. The van der Waals surface area contributed by atoms with E-state index in [1.54, 1.807) is 13.1 Å². The summed E-state index contributed by atoms with van der Waals surface area (Å²) >= 11 is 0. The van der Waals surface area contributed by atoms with Crippen LogP contribution >= 0.6 is 24.0 Å². The molecule has 0 aromatic heterocycles. The molecule has 0 atom stereocenters. The van der Waals surface area contributed by atoms with E-state index < -0.39 is 9.84 Å². The highest BCUT2D eigenvalue weighted by Gasteiger charge is 2.12. The molecule has 8 heteroatoms. The number of nitrogens with one attached hydrogen (secondary N) is 1. The fraction of sp³-hybridized carbons (Fsp3) is 0.350. The molecule has 0 radical (unpaired) electrons. The quantitative estimate of drug-likeness (QED) is 0.251. The van der Waals surface area contributed by atoms with Crippen molar-refractivity contribution in [1.82, 2.24) is 10.2 Å². The van der Waals surface area contributed by atoms with E-state index >= 15 is 0 Å². The Balaban J connectivity index is 0.00000392. The molecule has 0 unspecified atom stereocenters. The molecule has 0 saturated heterocycles. The molecule has 0 fully saturated rings. The van der Waals surface area contributed by atoms with Gasteiger partial charge < -0.3 is 10.2 Å². The molecule has 0 bridgehead atoms. The lowest BCUT2D eigenvalue weighted by Gasteiger charge is -2.22. The lowest BCUT2D eigenvalue weighted by Crippen LogP contribution is -2.39. The molecule has 2 rings (SSSR count). The number of rotatable bonds is 8. The molecule has 2 aromatic rings. The fourth-order valence-corrected chi connectivity index (χ4v) is 4.19. The Labute approximate surface area is 184 Å². The van der Waals surface area contributed by atoms with Crippen molar-refractivity contribution in [3.8, 4) is 0 Å². The number of nitrogens with zero attached hydrogens (tertiary/aromatic N) is 2. The number of benzene rings is 2. The van der Waals surface area contributed by atoms with E-state index in [0.717, 1.165) is 11.1 Å². The normalized spacial score (nSPS) is 11.6. The molecular formula is C20H27FIN3O2S. The first kappa shape index (κ1) is 24.4. The zero-order valence-electron chi connectivity index (χ0n) is 16.1. The van der Waals surface area contributed by atoms with Gasteiger partial charge in [-0.2, -0.15) is 0 Å². The van der Waals surface area contributed by atoms with Crippen LogP contribution in [-0.2, 0) is 22.1 Å². The topological polar surface area (TPSA) is 61.8 Å². The van der Waals surface area contributed by atoms with Crippen LogP contribution in [0.5, 0.6) is 0 Å². The van der Waals surface area contributed by atoms with Crippen molar-refractivity contribution in [3.05, 3.63) is 71.5 Å². The van der Waals surface area contributed by atoms with Crippen LogP contribution in [-0.4, -0.2) is 45.7 Å². The molecule has 0 amide bonds.